The molecule has 1 aromatic heterocycles. The lowest BCUT2D eigenvalue weighted by Crippen LogP contribution is -2.52. The number of carbonyl (C=O) groups excluding carboxylic acids is 4. The smallest absolute Gasteiger partial charge is 0.258 e. The molecule has 4 aromatic carbocycles. The van der Waals surface area contributed by atoms with Crippen LogP contribution in [0.5, 0.6) is 0 Å². The highest BCUT2D eigenvalue weighted by Crippen LogP contribution is 2.32. The zero-order valence-electron chi connectivity index (χ0n) is 35.6. The van der Waals surface area contributed by atoms with Gasteiger partial charge in [0.2, 0.25) is 17.7 Å². The molecule has 334 valence electrons. The number of H-pyrrole nitrogens is 1. The Hall–Kier alpha value is -6.39. The summed E-state index contributed by atoms with van der Waals surface area (Å²) in [5.74, 6) is -1.22. The fourth-order valence-corrected chi connectivity index (χ4v) is 9.31. The number of fused-ring (bicyclic) bond motifs is 1. The van der Waals surface area contributed by atoms with Gasteiger partial charge in [0.1, 0.15) is 17.7 Å². The van der Waals surface area contributed by atoms with Crippen molar-refractivity contribution in [3.8, 4) is 0 Å². The molecular formula is C48H53F2N9O5. The third-order valence-electron chi connectivity index (χ3n) is 12.9. The largest absolute Gasteiger partial charge is 0.381 e. The highest BCUT2D eigenvalue weighted by molar-refractivity contribution is 6.11. The number of benzene rings is 4. The monoisotopic (exact) mass is 873 g/mol. The van der Waals surface area contributed by atoms with Gasteiger partial charge in [0.05, 0.1) is 17.6 Å². The number of amides is 4. The van der Waals surface area contributed by atoms with Crippen molar-refractivity contribution in [3.63, 3.8) is 0 Å². The Bertz CT molecular complexity index is 2490. The molecule has 5 N–H and O–H groups in total. The molecule has 5 heterocycles. The van der Waals surface area contributed by atoms with Crippen molar-refractivity contribution in [2.45, 2.75) is 62.9 Å². The Morgan fingerprint density at radius 2 is 1.53 bits per heavy atom. The van der Waals surface area contributed by atoms with Gasteiger partial charge in [-0.15, -0.1) is 0 Å². The van der Waals surface area contributed by atoms with E-state index in [0.717, 1.165) is 61.8 Å². The van der Waals surface area contributed by atoms with Gasteiger partial charge in [-0.3, -0.25) is 34.5 Å². The van der Waals surface area contributed by atoms with E-state index in [1.165, 1.54) is 17.7 Å². The van der Waals surface area contributed by atoms with Crippen LogP contribution in [-0.2, 0) is 25.5 Å². The molecule has 64 heavy (non-hydrogen) atoms. The SMILES string of the molecule is O=C1CCC(Nc2ccc(C3CCN(CC(=O)N4CCN(c5ccc(C(=O)Nc6n[nH]c7ccc(Cc8cc(F)cc(F)c8)cc67)c(NC6CCOCC6)c5)CC4)CC3)cc2)C(=O)N1. The maximum absolute atomic E-state index is 14.0. The number of hydrogen-bond donors (Lipinski definition) is 5. The normalized spacial score (nSPS) is 19.1. The van der Waals surface area contributed by atoms with Gasteiger partial charge in [0.15, 0.2) is 5.82 Å². The molecule has 4 fully saturated rings. The number of carbonyl (C=O) groups is 4. The number of nitrogens with zero attached hydrogens (tertiary/aromatic N) is 4. The zero-order chi connectivity index (χ0) is 44.2. The van der Waals surface area contributed by atoms with Crippen molar-refractivity contribution in [3.05, 3.63) is 113 Å². The third kappa shape index (κ3) is 10.2. The van der Waals surface area contributed by atoms with Crippen LogP contribution in [0.4, 0.5) is 31.7 Å². The van der Waals surface area contributed by atoms with Crippen LogP contribution in [0.1, 0.15) is 71.5 Å². The van der Waals surface area contributed by atoms with Gasteiger partial charge in [0, 0.05) is 80.4 Å². The van der Waals surface area contributed by atoms with Crippen LogP contribution in [0.3, 0.4) is 0 Å². The first kappa shape index (κ1) is 42.9. The number of piperazine rings is 1. The van der Waals surface area contributed by atoms with E-state index in [4.69, 9.17) is 4.74 Å². The number of rotatable bonds is 12. The molecule has 0 saturated carbocycles. The highest BCUT2D eigenvalue weighted by Gasteiger charge is 2.29. The number of nitrogens with one attached hydrogen (secondary N) is 5. The van der Waals surface area contributed by atoms with Crippen LogP contribution < -0.4 is 26.2 Å². The number of aromatic nitrogens is 2. The molecule has 1 atom stereocenters. The van der Waals surface area contributed by atoms with Gasteiger partial charge in [-0.25, -0.2) is 8.78 Å². The first-order valence-electron chi connectivity index (χ1n) is 22.3. The minimum Gasteiger partial charge on any atom is -0.381 e. The molecule has 0 bridgehead atoms. The predicted octanol–water partition coefficient (Wildman–Crippen LogP) is 6.02. The Morgan fingerprint density at radius 3 is 2.27 bits per heavy atom. The van der Waals surface area contributed by atoms with Crippen LogP contribution in [0.2, 0.25) is 0 Å². The van der Waals surface area contributed by atoms with Crippen LogP contribution in [0.15, 0.2) is 78.9 Å². The number of hydrogen-bond acceptors (Lipinski definition) is 10. The van der Waals surface area contributed by atoms with Crippen molar-refractivity contribution in [1.82, 2.24) is 25.3 Å². The van der Waals surface area contributed by atoms with Gasteiger partial charge in [-0.1, -0.05) is 18.2 Å². The first-order chi connectivity index (χ1) is 31.1. The second-order valence-corrected chi connectivity index (χ2v) is 17.3. The van der Waals surface area contributed by atoms with E-state index in [1.807, 2.05) is 53.4 Å². The second-order valence-electron chi connectivity index (χ2n) is 17.3. The van der Waals surface area contributed by atoms with Crippen molar-refractivity contribution < 1.29 is 32.7 Å². The third-order valence-corrected chi connectivity index (χ3v) is 12.9. The minimum absolute atomic E-state index is 0.131. The number of ether oxygens (including phenoxy) is 1. The fraction of sp³-hybridized carbons (Fsp3) is 0.396. The lowest BCUT2D eigenvalue weighted by molar-refractivity contribution is -0.134. The number of piperidine rings is 2. The van der Waals surface area contributed by atoms with Crippen LogP contribution in [0.25, 0.3) is 10.9 Å². The van der Waals surface area contributed by atoms with E-state index in [9.17, 15) is 28.0 Å². The summed E-state index contributed by atoms with van der Waals surface area (Å²) in [7, 11) is 0. The zero-order valence-corrected chi connectivity index (χ0v) is 35.6. The van der Waals surface area contributed by atoms with Crippen LogP contribution in [0, 0.1) is 11.6 Å². The van der Waals surface area contributed by atoms with E-state index in [0.29, 0.717) is 105 Å². The number of halogens is 2. The Labute approximate surface area is 370 Å². The quantitative estimate of drug-likeness (QED) is 0.0938. The molecule has 4 saturated heterocycles. The maximum atomic E-state index is 14.0. The average molecular weight is 874 g/mol. The standard InChI is InChI=1S/C48H53F2N9O5/c49-34-24-31(25-35(50)27-34)23-30-1-8-41-40(26-30)46(56-55-41)54-47(62)39-7-6-38(28-43(39)52-37-13-21-64-22-14-37)58-17-19-59(20-18-58)45(61)29-57-15-11-33(12-16-57)32-2-4-36(5-3-32)51-42-9-10-44(60)53-48(42)63/h1-8,24-28,33,37,42,51-52H,9-23,29H2,(H,53,60,63)(H2,54,55,56,62). The number of likely N-dealkylation sites (tertiary alicyclic amines) is 1. The van der Waals surface area contributed by atoms with E-state index < -0.39 is 17.7 Å². The lowest BCUT2D eigenvalue weighted by Gasteiger charge is -2.38. The maximum Gasteiger partial charge on any atom is 0.258 e. The average Bonchev–Trinajstić information content (AvgIpc) is 3.69. The van der Waals surface area contributed by atoms with E-state index in [1.54, 1.807) is 0 Å². The van der Waals surface area contributed by atoms with Crippen molar-refractivity contribution >= 4 is 57.4 Å². The summed E-state index contributed by atoms with van der Waals surface area (Å²) in [5, 5.41) is 20.3. The minimum atomic E-state index is -0.634. The van der Waals surface area contributed by atoms with Crippen LogP contribution in [-0.4, -0.2) is 115 Å². The molecule has 16 heteroatoms. The van der Waals surface area contributed by atoms with E-state index in [2.05, 4.69) is 53.4 Å². The van der Waals surface area contributed by atoms with E-state index >= 15 is 0 Å². The molecule has 0 aliphatic carbocycles. The van der Waals surface area contributed by atoms with Crippen molar-refractivity contribution in [2.75, 3.05) is 79.9 Å². The Kier molecular flexibility index (Phi) is 12.8. The second kappa shape index (κ2) is 19.2. The molecule has 4 aliphatic rings. The predicted molar refractivity (Wildman–Crippen MR) is 241 cm³/mol. The van der Waals surface area contributed by atoms with Crippen molar-refractivity contribution in [2.24, 2.45) is 0 Å². The summed E-state index contributed by atoms with van der Waals surface area (Å²) < 4.78 is 33.4. The first-order valence-corrected chi connectivity index (χ1v) is 22.3. The summed E-state index contributed by atoms with van der Waals surface area (Å²) in [5.41, 5.74) is 6.26. The molecular weight excluding hydrogens is 821 g/mol. The number of aromatic amines is 1. The van der Waals surface area contributed by atoms with Gasteiger partial charge >= 0.3 is 0 Å². The topological polar surface area (TPSA) is 164 Å². The number of imide groups is 1. The van der Waals surface area contributed by atoms with Gasteiger partial charge in [-0.2, -0.15) is 5.10 Å². The summed E-state index contributed by atoms with van der Waals surface area (Å²) in [6.07, 6.45) is 4.66. The van der Waals surface area contributed by atoms with Gasteiger partial charge < -0.3 is 30.5 Å². The highest BCUT2D eigenvalue weighted by atomic mass is 19.1. The summed E-state index contributed by atoms with van der Waals surface area (Å²) >= 11 is 0. The van der Waals surface area contributed by atoms with Crippen molar-refractivity contribution in [1.29, 1.82) is 0 Å². The van der Waals surface area contributed by atoms with E-state index in [-0.39, 0.29) is 29.7 Å². The molecule has 1 unspecified atom stereocenters. The summed E-state index contributed by atoms with van der Waals surface area (Å²) in [6.45, 7) is 5.87. The molecule has 4 aliphatic heterocycles. The fourth-order valence-electron chi connectivity index (χ4n) is 9.31. The van der Waals surface area contributed by atoms with Gasteiger partial charge in [-0.05, 0) is 129 Å². The molecule has 0 radical (unpaired) electrons. The molecule has 5 aromatic rings. The summed E-state index contributed by atoms with van der Waals surface area (Å²) in [4.78, 5) is 57.7. The Balaban J connectivity index is 0.793. The van der Waals surface area contributed by atoms with Gasteiger partial charge in [0.25, 0.3) is 5.91 Å². The summed E-state index contributed by atoms with van der Waals surface area (Å²) in [6, 6.07) is 22.8. The molecule has 9 rings (SSSR count). The molecule has 14 nitrogen and oxygen atoms in total. The Morgan fingerprint density at radius 1 is 0.781 bits per heavy atom. The molecule has 4 amide bonds. The van der Waals surface area contributed by atoms with Crippen LogP contribution >= 0.6 is 0 Å². The molecule has 0 spiro atoms. The lowest BCUT2D eigenvalue weighted by atomic mass is 9.89. The number of anilines is 4.